The fourth-order valence-corrected chi connectivity index (χ4v) is 2.18. The minimum absolute atomic E-state index is 0.308. The Balaban J connectivity index is 2.00. The highest BCUT2D eigenvalue weighted by atomic mass is 16.7. The van der Waals surface area contributed by atoms with E-state index in [0.29, 0.717) is 38.4 Å². The third kappa shape index (κ3) is 6.66. The van der Waals surface area contributed by atoms with Gasteiger partial charge < -0.3 is 14.6 Å². The monoisotopic (exact) mass is 261 g/mol. The van der Waals surface area contributed by atoms with Crippen LogP contribution < -0.4 is 5.48 Å². The molecule has 18 heavy (non-hydrogen) atoms. The molecule has 0 amide bonds. The van der Waals surface area contributed by atoms with Crippen LogP contribution in [0.15, 0.2) is 0 Å². The maximum atomic E-state index is 9.72. The molecular formula is C13H27NO4. The molecule has 108 valence electrons. The van der Waals surface area contributed by atoms with Crippen molar-refractivity contribution in [3.8, 4) is 0 Å². The third-order valence-corrected chi connectivity index (χ3v) is 3.35. The Morgan fingerprint density at radius 2 is 2.06 bits per heavy atom. The first-order chi connectivity index (χ1) is 8.74. The lowest BCUT2D eigenvalue weighted by molar-refractivity contribution is -0.0632. The Morgan fingerprint density at radius 1 is 1.28 bits per heavy atom. The standard InChI is InChI=1S/C13H27NO4/c1-11-5-3-4-6-13(11)17-10-12(15)9-14-18-8-7-16-2/h11-15H,3-10H2,1-2H3. The lowest BCUT2D eigenvalue weighted by Gasteiger charge is -2.29. The summed E-state index contributed by atoms with van der Waals surface area (Å²) in [6.45, 7) is 3.99. The number of aliphatic hydroxyl groups is 1. The fraction of sp³-hybridized carbons (Fsp3) is 1.00. The van der Waals surface area contributed by atoms with Crippen LogP contribution in [0.25, 0.3) is 0 Å². The number of aliphatic hydroxyl groups excluding tert-OH is 1. The molecule has 1 fully saturated rings. The Hall–Kier alpha value is -0.200. The average Bonchev–Trinajstić information content (AvgIpc) is 2.37. The maximum absolute atomic E-state index is 9.72. The molecular weight excluding hydrogens is 234 g/mol. The first-order valence-corrected chi connectivity index (χ1v) is 6.87. The number of ether oxygens (including phenoxy) is 2. The summed E-state index contributed by atoms with van der Waals surface area (Å²) < 4.78 is 10.6. The van der Waals surface area contributed by atoms with Gasteiger partial charge in [0.15, 0.2) is 0 Å². The van der Waals surface area contributed by atoms with Crippen LogP contribution in [-0.2, 0) is 14.3 Å². The van der Waals surface area contributed by atoms with Crippen molar-refractivity contribution in [1.29, 1.82) is 0 Å². The molecule has 0 radical (unpaired) electrons. The van der Waals surface area contributed by atoms with Gasteiger partial charge in [0.25, 0.3) is 0 Å². The molecule has 1 saturated carbocycles. The third-order valence-electron chi connectivity index (χ3n) is 3.35. The van der Waals surface area contributed by atoms with Crippen LogP contribution in [0.2, 0.25) is 0 Å². The summed E-state index contributed by atoms with van der Waals surface area (Å²) >= 11 is 0. The molecule has 0 spiro atoms. The van der Waals surface area contributed by atoms with Gasteiger partial charge in [0.05, 0.1) is 32.0 Å². The number of methoxy groups -OCH3 is 1. The number of rotatable bonds is 9. The molecule has 1 aliphatic carbocycles. The van der Waals surface area contributed by atoms with Gasteiger partial charge >= 0.3 is 0 Å². The molecule has 2 N–H and O–H groups in total. The SMILES string of the molecule is COCCONCC(O)COC1CCCCC1C. The first kappa shape index (κ1) is 15.9. The quantitative estimate of drug-likeness (QED) is 0.481. The van der Waals surface area contributed by atoms with E-state index < -0.39 is 6.10 Å². The van der Waals surface area contributed by atoms with E-state index in [2.05, 4.69) is 12.4 Å². The maximum Gasteiger partial charge on any atom is 0.0921 e. The van der Waals surface area contributed by atoms with Crippen molar-refractivity contribution in [3.05, 3.63) is 0 Å². The summed E-state index contributed by atoms with van der Waals surface area (Å²) in [4.78, 5) is 5.07. The summed E-state index contributed by atoms with van der Waals surface area (Å²) in [6, 6.07) is 0. The van der Waals surface area contributed by atoms with E-state index in [0.717, 1.165) is 6.42 Å². The Kier molecular flexibility index (Phi) is 8.54. The highest BCUT2D eigenvalue weighted by Crippen LogP contribution is 2.26. The van der Waals surface area contributed by atoms with Crippen molar-refractivity contribution in [3.63, 3.8) is 0 Å². The van der Waals surface area contributed by atoms with Crippen molar-refractivity contribution in [2.45, 2.75) is 44.8 Å². The first-order valence-electron chi connectivity index (χ1n) is 6.87. The van der Waals surface area contributed by atoms with E-state index in [1.165, 1.54) is 19.3 Å². The van der Waals surface area contributed by atoms with E-state index in [-0.39, 0.29) is 0 Å². The molecule has 0 aromatic carbocycles. The van der Waals surface area contributed by atoms with Crippen molar-refractivity contribution < 1.29 is 19.4 Å². The van der Waals surface area contributed by atoms with Crippen LogP contribution in [0, 0.1) is 5.92 Å². The number of hydrogen-bond acceptors (Lipinski definition) is 5. The fourth-order valence-electron chi connectivity index (χ4n) is 2.18. The second-order valence-corrected chi connectivity index (χ2v) is 4.98. The van der Waals surface area contributed by atoms with E-state index in [1.54, 1.807) is 7.11 Å². The summed E-state index contributed by atoms with van der Waals surface area (Å²) in [5.74, 6) is 0.608. The summed E-state index contributed by atoms with van der Waals surface area (Å²) in [5, 5.41) is 9.72. The van der Waals surface area contributed by atoms with Gasteiger partial charge in [-0.05, 0) is 18.8 Å². The Bertz CT molecular complexity index is 203. The van der Waals surface area contributed by atoms with Gasteiger partial charge in [0, 0.05) is 13.7 Å². The topological polar surface area (TPSA) is 60.0 Å². The zero-order valence-corrected chi connectivity index (χ0v) is 11.6. The number of hydroxylamine groups is 1. The van der Waals surface area contributed by atoms with Crippen molar-refractivity contribution in [1.82, 2.24) is 5.48 Å². The highest BCUT2D eigenvalue weighted by Gasteiger charge is 2.22. The summed E-state index contributed by atoms with van der Waals surface area (Å²) in [6.07, 6.45) is 4.68. The van der Waals surface area contributed by atoms with Gasteiger partial charge in [-0.2, -0.15) is 5.48 Å². The minimum atomic E-state index is -0.526. The highest BCUT2D eigenvalue weighted by molar-refractivity contribution is 4.73. The minimum Gasteiger partial charge on any atom is -0.389 e. The van der Waals surface area contributed by atoms with E-state index in [1.807, 2.05) is 0 Å². The molecule has 0 aliphatic heterocycles. The van der Waals surface area contributed by atoms with Gasteiger partial charge in [0.1, 0.15) is 0 Å². The average molecular weight is 261 g/mol. The second-order valence-electron chi connectivity index (χ2n) is 4.98. The van der Waals surface area contributed by atoms with Gasteiger partial charge in [-0.25, -0.2) is 0 Å². The normalized spacial score (nSPS) is 26.2. The molecule has 0 saturated heterocycles. The van der Waals surface area contributed by atoms with Crippen LogP contribution in [0.3, 0.4) is 0 Å². The van der Waals surface area contributed by atoms with Gasteiger partial charge in [-0.15, -0.1) is 0 Å². The Labute approximate surface area is 110 Å². The van der Waals surface area contributed by atoms with Crippen molar-refractivity contribution >= 4 is 0 Å². The van der Waals surface area contributed by atoms with Crippen molar-refractivity contribution in [2.75, 3.05) is 33.5 Å². The number of hydrogen-bond donors (Lipinski definition) is 2. The van der Waals surface area contributed by atoms with Gasteiger partial charge in [-0.3, -0.25) is 4.84 Å². The van der Waals surface area contributed by atoms with Crippen LogP contribution in [0.5, 0.6) is 0 Å². The van der Waals surface area contributed by atoms with E-state index in [4.69, 9.17) is 14.3 Å². The molecule has 0 aromatic heterocycles. The molecule has 1 rings (SSSR count). The molecule has 0 heterocycles. The van der Waals surface area contributed by atoms with E-state index in [9.17, 15) is 5.11 Å². The van der Waals surface area contributed by atoms with Crippen LogP contribution in [0.1, 0.15) is 32.6 Å². The van der Waals surface area contributed by atoms with E-state index >= 15 is 0 Å². The molecule has 3 unspecified atom stereocenters. The summed E-state index contributed by atoms with van der Waals surface area (Å²) in [5.41, 5.74) is 2.71. The van der Waals surface area contributed by atoms with Crippen LogP contribution in [0.4, 0.5) is 0 Å². The molecule has 3 atom stereocenters. The largest absolute Gasteiger partial charge is 0.389 e. The van der Waals surface area contributed by atoms with Crippen LogP contribution in [-0.4, -0.2) is 50.8 Å². The molecule has 0 aromatic rings. The van der Waals surface area contributed by atoms with Gasteiger partial charge in [0.2, 0.25) is 0 Å². The molecule has 5 heteroatoms. The Morgan fingerprint density at radius 3 is 2.78 bits per heavy atom. The lowest BCUT2D eigenvalue weighted by Crippen LogP contribution is -2.34. The predicted molar refractivity (Wildman–Crippen MR) is 69.2 cm³/mol. The summed E-state index contributed by atoms with van der Waals surface area (Å²) in [7, 11) is 1.62. The molecule has 0 bridgehead atoms. The molecule has 5 nitrogen and oxygen atoms in total. The zero-order valence-electron chi connectivity index (χ0n) is 11.6. The predicted octanol–water partition coefficient (Wildman–Crippen LogP) is 1.11. The second kappa shape index (κ2) is 9.69. The van der Waals surface area contributed by atoms with Crippen molar-refractivity contribution in [2.24, 2.45) is 5.92 Å². The van der Waals surface area contributed by atoms with Gasteiger partial charge in [-0.1, -0.05) is 19.8 Å². The smallest absolute Gasteiger partial charge is 0.0921 e. The molecule has 1 aliphatic rings. The van der Waals surface area contributed by atoms with Crippen LogP contribution >= 0.6 is 0 Å². The number of nitrogens with one attached hydrogen (secondary N) is 1. The lowest BCUT2D eigenvalue weighted by atomic mass is 9.88. The zero-order chi connectivity index (χ0) is 13.2.